The third kappa shape index (κ3) is 3.06. The van der Waals surface area contributed by atoms with Crippen LogP contribution in [0.25, 0.3) is 5.76 Å². The summed E-state index contributed by atoms with van der Waals surface area (Å²) >= 11 is 0. The molecule has 2 aromatic carbocycles. The number of nitrogens with zero attached hydrogens (tertiary/aromatic N) is 1. The van der Waals surface area contributed by atoms with Gasteiger partial charge in [-0.2, -0.15) is 0 Å². The third-order valence-corrected chi connectivity index (χ3v) is 4.58. The number of amides is 1. The van der Waals surface area contributed by atoms with Gasteiger partial charge in [0, 0.05) is 12.1 Å². The van der Waals surface area contributed by atoms with Gasteiger partial charge in [-0.1, -0.05) is 65.7 Å². The Kier molecular flexibility index (Phi) is 4.76. The Hall–Kier alpha value is -3.14. The van der Waals surface area contributed by atoms with E-state index in [2.05, 4.69) is 6.58 Å². The Labute approximate surface area is 153 Å². The van der Waals surface area contributed by atoms with Crippen molar-refractivity contribution in [2.24, 2.45) is 0 Å². The van der Waals surface area contributed by atoms with Crippen molar-refractivity contribution in [3.63, 3.8) is 0 Å². The summed E-state index contributed by atoms with van der Waals surface area (Å²) in [5.41, 5.74) is 3.54. The quantitative estimate of drug-likeness (QED) is 0.395. The SMILES string of the molecule is C=CCN1C(=O)C(=O)/C(=C(/O)c2ccc(C)cc2)C1c1ccc(C)cc1. The van der Waals surface area contributed by atoms with Crippen molar-refractivity contribution in [2.75, 3.05) is 6.54 Å². The largest absolute Gasteiger partial charge is 0.507 e. The summed E-state index contributed by atoms with van der Waals surface area (Å²) in [6, 6.07) is 14.2. The van der Waals surface area contributed by atoms with E-state index in [4.69, 9.17) is 0 Å². The summed E-state index contributed by atoms with van der Waals surface area (Å²) in [4.78, 5) is 26.7. The summed E-state index contributed by atoms with van der Waals surface area (Å²) in [6.07, 6.45) is 1.58. The number of hydrogen-bond acceptors (Lipinski definition) is 3. The lowest BCUT2D eigenvalue weighted by atomic mass is 9.94. The van der Waals surface area contributed by atoms with Gasteiger partial charge in [0.25, 0.3) is 11.7 Å². The summed E-state index contributed by atoms with van der Waals surface area (Å²) < 4.78 is 0. The average molecular weight is 347 g/mol. The first-order chi connectivity index (χ1) is 12.4. The van der Waals surface area contributed by atoms with Gasteiger partial charge in [0.05, 0.1) is 11.6 Å². The van der Waals surface area contributed by atoms with Crippen LogP contribution in [0.5, 0.6) is 0 Å². The molecule has 0 aromatic heterocycles. The molecule has 26 heavy (non-hydrogen) atoms. The Bertz CT molecular complexity index is 892. The van der Waals surface area contributed by atoms with Crippen molar-refractivity contribution in [1.82, 2.24) is 4.90 Å². The smallest absolute Gasteiger partial charge is 0.295 e. The Morgan fingerprint density at radius 2 is 1.58 bits per heavy atom. The molecule has 1 aliphatic rings. The maximum atomic E-state index is 12.7. The summed E-state index contributed by atoms with van der Waals surface area (Å²) in [5, 5.41) is 10.8. The van der Waals surface area contributed by atoms with Crippen molar-refractivity contribution in [2.45, 2.75) is 19.9 Å². The molecule has 1 saturated heterocycles. The van der Waals surface area contributed by atoms with Crippen LogP contribution in [0.3, 0.4) is 0 Å². The maximum Gasteiger partial charge on any atom is 0.295 e. The van der Waals surface area contributed by atoms with Gasteiger partial charge in [0.15, 0.2) is 0 Å². The molecule has 1 fully saturated rings. The van der Waals surface area contributed by atoms with Crippen LogP contribution in [0.4, 0.5) is 0 Å². The minimum Gasteiger partial charge on any atom is -0.507 e. The number of aryl methyl sites for hydroxylation is 2. The van der Waals surface area contributed by atoms with Crippen molar-refractivity contribution in [1.29, 1.82) is 0 Å². The molecule has 132 valence electrons. The first-order valence-electron chi connectivity index (χ1n) is 8.47. The van der Waals surface area contributed by atoms with Crippen LogP contribution in [0.15, 0.2) is 66.8 Å². The number of benzene rings is 2. The first kappa shape index (κ1) is 17.7. The van der Waals surface area contributed by atoms with Gasteiger partial charge >= 0.3 is 0 Å². The third-order valence-electron chi connectivity index (χ3n) is 4.58. The second-order valence-electron chi connectivity index (χ2n) is 6.52. The van der Waals surface area contributed by atoms with Gasteiger partial charge in [-0.3, -0.25) is 9.59 Å². The second kappa shape index (κ2) is 7.00. The fraction of sp³-hybridized carbons (Fsp3) is 0.182. The molecule has 1 unspecified atom stereocenters. The molecule has 1 amide bonds. The van der Waals surface area contributed by atoms with Crippen molar-refractivity contribution in [3.8, 4) is 0 Å². The van der Waals surface area contributed by atoms with E-state index in [-0.39, 0.29) is 17.9 Å². The lowest BCUT2D eigenvalue weighted by Gasteiger charge is -2.24. The number of hydrogen-bond donors (Lipinski definition) is 1. The van der Waals surface area contributed by atoms with Crippen molar-refractivity contribution in [3.05, 3.63) is 89.0 Å². The molecule has 0 bridgehead atoms. The number of carbonyl (C=O) groups is 2. The van der Waals surface area contributed by atoms with Crippen LogP contribution >= 0.6 is 0 Å². The minimum atomic E-state index is -0.671. The van der Waals surface area contributed by atoms with Crippen LogP contribution in [0.2, 0.25) is 0 Å². The number of ketones is 1. The molecule has 1 N–H and O–H groups in total. The number of Topliss-reactive ketones (excluding diaryl/α,β-unsaturated/α-hetero) is 1. The molecule has 1 atom stereocenters. The molecule has 0 aliphatic carbocycles. The Morgan fingerprint density at radius 3 is 2.12 bits per heavy atom. The number of likely N-dealkylation sites (tertiary alicyclic amines) is 1. The lowest BCUT2D eigenvalue weighted by Crippen LogP contribution is -2.29. The average Bonchev–Trinajstić information content (AvgIpc) is 2.88. The minimum absolute atomic E-state index is 0.115. The van der Waals surface area contributed by atoms with Gasteiger partial charge in [0.2, 0.25) is 0 Å². The molecule has 0 spiro atoms. The highest BCUT2D eigenvalue weighted by Crippen LogP contribution is 2.39. The van der Waals surface area contributed by atoms with Crippen LogP contribution in [-0.2, 0) is 9.59 Å². The molecular formula is C22H21NO3. The zero-order valence-electron chi connectivity index (χ0n) is 14.9. The second-order valence-corrected chi connectivity index (χ2v) is 6.52. The van der Waals surface area contributed by atoms with Gasteiger partial charge in [-0.15, -0.1) is 6.58 Å². The zero-order valence-corrected chi connectivity index (χ0v) is 14.9. The molecular weight excluding hydrogens is 326 g/mol. The molecule has 4 heteroatoms. The predicted octanol–water partition coefficient (Wildman–Crippen LogP) is 3.91. The van der Waals surface area contributed by atoms with E-state index >= 15 is 0 Å². The summed E-state index contributed by atoms with van der Waals surface area (Å²) in [6.45, 7) is 7.82. The molecule has 0 saturated carbocycles. The van der Waals surface area contributed by atoms with Crippen LogP contribution in [-0.4, -0.2) is 28.2 Å². The van der Waals surface area contributed by atoms with Crippen molar-refractivity contribution >= 4 is 17.4 Å². The van der Waals surface area contributed by atoms with E-state index in [0.29, 0.717) is 5.56 Å². The van der Waals surface area contributed by atoms with E-state index in [1.54, 1.807) is 18.2 Å². The number of carbonyl (C=O) groups excluding carboxylic acids is 2. The van der Waals surface area contributed by atoms with E-state index in [1.165, 1.54) is 4.90 Å². The highest BCUT2D eigenvalue weighted by Gasteiger charge is 2.45. The molecule has 2 aromatic rings. The molecule has 1 heterocycles. The number of rotatable bonds is 4. The Balaban J connectivity index is 2.18. The van der Waals surface area contributed by atoms with E-state index < -0.39 is 17.7 Å². The predicted molar refractivity (Wildman–Crippen MR) is 102 cm³/mol. The molecule has 4 nitrogen and oxygen atoms in total. The highest BCUT2D eigenvalue weighted by atomic mass is 16.3. The highest BCUT2D eigenvalue weighted by molar-refractivity contribution is 6.46. The monoisotopic (exact) mass is 347 g/mol. The van der Waals surface area contributed by atoms with Gasteiger partial charge in [-0.25, -0.2) is 0 Å². The number of aliphatic hydroxyl groups is 1. The molecule has 1 aliphatic heterocycles. The van der Waals surface area contributed by atoms with Gasteiger partial charge in [0.1, 0.15) is 5.76 Å². The van der Waals surface area contributed by atoms with E-state index in [0.717, 1.165) is 16.7 Å². The van der Waals surface area contributed by atoms with Gasteiger partial charge in [-0.05, 0) is 19.4 Å². The standard InChI is InChI=1S/C22H21NO3/c1-4-13-23-19(16-9-5-14(2)6-10-16)18(21(25)22(23)26)20(24)17-11-7-15(3)8-12-17/h4-12,19,24H,1,13H2,2-3H3/b20-18+. The topological polar surface area (TPSA) is 57.6 Å². The fourth-order valence-electron chi connectivity index (χ4n) is 3.17. The lowest BCUT2D eigenvalue weighted by molar-refractivity contribution is -0.139. The van der Waals surface area contributed by atoms with Crippen LogP contribution in [0, 0.1) is 13.8 Å². The van der Waals surface area contributed by atoms with Gasteiger partial charge < -0.3 is 10.0 Å². The fourth-order valence-corrected chi connectivity index (χ4v) is 3.17. The summed E-state index contributed by atoms with van der Waals surface area (Å²) in [5.74, 6) is -1.44. The number of aliphatic hydroxyl groups excluding tert-OH is 1. The summed E-state index contributed by atoms with van der Waals surface area (Å²) in [7, 11) is 0. The maximum absolute atomic E-state index is 12.7. The van der Waals surface area contributed by atoms with Crippen molar-refractivity contribution < 1.29 is 14.7 Å². The molecule has 0 radical (unpaired) electrons. The zero-order chi connectivity index (χ0) is 18.8. The van der Waals surface area contributed by atoms with Crippen LogP contribution in [0.1, 0.15) is 28.3 Å². The van der Waals surface area contributed by atoms with E-state index in [9.17, 15) is 14.7 Å². The normalized spacial score (nSPS) is 19.0. The Morgan fingerprint density at radius 1 is 1.04 bits per heavy atom. The van der Waals surface area contributed by atoms with Crippen LogP contribution < -0.4 is 0 Å². The first-order valence-corrected chi connectivity index (χ1v) is 8.47. The molecule has 3 rings (SSSR count). The van der Waals surface area contributed by atoms with E-state index in [1.807, 2.05) is 50.2 Å².